The fourth-order valence-electron chi connectivity index (χ4n) is 2.84. The van der Waals surface area contributed by atoms with Crippen LogP contribution in [0.1, 0.15) is 41.6 Å². The van der Waals surface area contributed by atoms with Gasteiger partial charge in [-0.25, -0.2) is 0 Å². The van der Waals surface area contributed by atoms with Crippen molar-refractivity contribution in [3.8, 4) is 0 Å². The van der Waals surface area contributed by atoms with Crippen molar-refractivity contribution in [3.05, 3.63) is 39.4 Å². The standard InChI is InChI=1S/C15H20N2O4/c1-11-6-7-12(10-14(11)17(20)21)15(19)16-8-2-4-13(16)5-3-9-18/h6-7,10,13,18H,2-5,8-9H2,1H3. The Morgan fingerprint density at radius 3 is 2.95 bits per heavy atom. The van der Waals surface area contributed by atoms with Crippen molar-refractivity contribution in [2.45, 2.75) is 38.6 Å². The summed E-state index contributed by atoms with van der Waals surface area (Å²) in [6, 6.07) is 4.75. The first kappa shape index (κ1) is 15.4. The number of aliphatic hydroxyl groups is 1. The first-order valence-corrected chi connectivity index (χ1v) is 7.21. The van der Waals surface area contributed by atoms with E-state index in [9.17, 15) is 14.9 Å². The molecule has 1 saturated heterocycles. The molecular formula is C15H20N2O4. The second kappa shape index (κ2) is 6.67. The molecule has 1 N–H and O–H groups in total. The van der Waals surface area contributed by atoms with E-state index in [1.807, 2.05) is 0 Å². The van der Waals surface area contributed by atoms with Crippen molar-refractivity contribution in [2.24, 2.45) is 0 Å². The molecule has 114 valence electrons. The van der Waals surface area contributed by atoms with Gasteiger partial charge in [0.05, 0.1) is 4.92 Å². The normalized spacial score (nSPS) is 18.0. The Bertz CT molecular complexity index is 544. The molecule has 0 saturated carbocycles. The highest BCUT2D eigenvalue weighted by molar-refractivity contribution is 5.95. The zero-order chi connectivity index (χ0) is 15.4. The van der Waals surface area contributed by atoms with Crippen LogP contribution in [0.2, 0.25) is 0 Å². The highest BCUT2D eigenvalue weighted by atomic mass is 16.6. The average molecular weight is 292 g/mol. The van der Waals surface area contributed by atoms with Gasteiger partial charge in [0.25, 0.3) is 11.6 Å². The lowest BCUT2D eigenvalue weighted by Gasteiger charge is -2.24. The largest absolute Gasteiger partial charge is 0.396 e. The number of likely N-dealkylation sites (tertiary alicyclic amines) is 1. The molecular weight excluding hydrogens is 272 g/mol. The summed E-state index contributed by atoms with van der Waals surface area (Å²) in [5.74, 6) is -0.154. The number of hydrogen-bond acceptors (Lipinski definition) is 4. The Morgan fingerprint density at radius 2 is 2.29 bits per heavy atom. The Balaban J connectivity index is 2.19. The number of amides is 1. The van der Waals surface area contributed by atoms with E-state index in [-0.39, 0.29) is 24.2 Å². The van der Waals surface area contributed by atoms with Gasteiger partial charge in [0.2, 0.25) is 0 Å². The maximum absolute atomic E-state index is 12.5. The lowest BCUT2D eigenvalue weighted by molar-refractivity contribution is -0.385. The van der Waals surface area contributed by atoms with Gasteiger partial charge in [-0.2, -0.15) is 0 Å². The predicted octanol–water partition coefficient (Wildman–Crippen LogP) is 2.28. The number of hydrogen-bond donors (Lipinski definition) is 1. The predicted molar refractivity (Wildman–Crippen MR) is 78.2 cm³/mol. The van der Waals surface area contributed by atoms with E-state index in [1.165, 1.54) is 6.07 Å². The van der Waals surface area contributed by atoms with Gasteiger partial charge < -0.3 is 10.0 Å². The van der Waals surface area contributed by atoms with E-state index in [0.29, 0.717) is 24.1 Å². The van der Waals surface area contributed by atoms with Crippen LogP contribution in [0.5, 0.6) is 0 Å². The first-order valence-electron chi connectivity index (χ1n) is 7.21. The summed E-state index contributed by atoms with van der Waals surface area (Å²) >= 11 is 0. The second-order valence-corrected chi connectivity index (χ2v) is 5.42. The van der Waals surface area contributed by atoms with E-state index < -0.39 is 4.92 Å². The molecule has 1 aromatic rings. The van der Waals surface area contributed by atoms with Crippen LogP contribution in [0.25, 0.3) is 0 Å². The summed E-state index contributed by atoms with van der Waals surface area (Å²) in [5.41, 5.74) is 0.893. The van der Waals surface area contributed by atoms with E-state index in [1.54, 1.807) is 24.0 Å². The summed E-state index contributed by atoms with van der Waals surface area (Å²) < 4.78 is 0. The molecule has 0 aromatic heterocycles. The third kappa shape index (κ3) is 3.39. The second-order valence-electron chi connectivity index (χ2n) is 5.42. The van der Waals surface area contributed by atoms with Crippen LogP contribution in [0.4, 0.5) is 5.69 Å². The lowest BCUT2D eigenvalue weighted by Crippen LogP contribution is -2.35. The van der Waals surface area contributed by atoms with Gasteiger partial charge in [0.1, 0.15) is 0 Å². The lowest BCUT2D eigenvalue weighted by atomic mass is 10.1. The first-order chi connectivity index (χ1) is 10.0. The fourth-order valence-corrected chi connectivity index (χ4v) is 2.84. The number of aryl methyl sites for hydroxylation is 1. The smallest absolute Gasteiger partial charge is 0.273 e. The monoisotopic (exact) mass is 292 g/mol. The highest BCUT2D eigenvalue weighted by Crippen LogP contribution is 2.26. The maximum atomic E-state index is 12.5. The molecule has 0 aliphatic carbocycles. The third-order valence-electron chi connectivity index (χ3n) is 3.99. The van der Waals surface area contributed by atoms with Crippen LogP contribution in [0, 0.1) is 17.0 Å². The Morgan fingerprint density at radius 1 is 1.52 bits per heavy atom. The summed E-state index contributed by atoms with van der Waals surface area (Å²) in [5, 5.41) is 19.9. The quantitative estimate of drug-likeness (QED) is 0.666. The van der Waals surface area contributed by atoms with Crippen molar-refractivity contribution >= 4 is 11.6 Å². The molecule has 21 heavy (non-hydrogen) atoms. The van der Waals surface area contributed by atoms with Gasteiger partial charge in [-0.3, -0.25) is 14.9 Å². The molecule has 1 aliphatic heterocycles. The molecule has 1 heterocycles. The minimum atomic E-state index is -0.459. The Labute approximate surface area is 123 Å². The number of aliphatic hydroxyl groups excluding tert-OH is 1. The molecule has 2 rings (SSSR count). The summed E-state index contributed by atoms with van der Waals surface area (Å²) in [6.45, 7) is 2.46. The van der Waals surface area contributed by atoms with Gasteiger partial charge in [-0.05, 0) is 38.7 Å². The van der Waals surface area contributed by atoms with Crippen molar-refractivity contribution in [1.29, 1.82) is 0 Å². The van der Waals surface area contributed by atoms with Gasteiger partial charge >= 0.3 is 0 Å². The van der Waals surface area contributed by atoms with Crippen LogP contribution in [-0.4, -0.2) is 40.0 Å². The SMILES string of the molecule is Cc1ccc(C(=O)N2CCCC2CCCO)cc1[N+](=O)[O-]. The maximum Gasteiger partial charge on any atom is 0.273 e. The van der Waals surface area contributed by atoms with Gasteiger partial charge in [-0.1, -0.05) is 6.07 Å². The molecule has 6 heteroatoms. The molecule has 1 aliphatic rings. The van der Waals surface area contributed by atoms with Crippen molar-refractivity contribution in [3.63, 3.8) is 0 Å². The zero-order valence-electron chi connectivity index (χ0n) is 12.1. The molecule has 1 fully saturated rings. The minimum absolute atomic E-state index is 0.0213. The van der Waals surface area contributed by atoms with E-state index >= 15 is 0 Å². The van der Waals surface area contributed by atoms with Crippen molar-refractivity contribution in [2.75, 3.05) is 13.2 Å². The van der Waals surface area contributed by atoms with E-state index in [4.69, 9.17) is 5.11 Å². The van der Waals surface area contributed by atoms with Crippen LogP contribution < -0.4 is 0 Å². The molecule has 0 bridgehead atoms. The van der Waals surface area contributed by atoms with Crippen LogP contribution in [-0.2, 0) is 0 Å². The number of benzene rings is 1. The number of rotatable bonds is 5. The van der Waals surface area contributed by atoms with Crippen molar-refractivity contribution < 1.29 is 14.8 Å². The highest BCUT2D eigenvalue weighted by Gasteiger charge is 2.29. The van der Waals surface area contributed by atoms with Crippen molar-refractivity contribution in [1.82, 2.24) is 4.90 Å². The molecule has 1 unspecified atom stereocenters. The number of nitro benzene ring substituents is 1. The average Bonchev–Trinajstić information content (AvgIpc) is 2.92. The zero-order valence-corrected chi connectivity index (χ0v) is 12.1. The topological polar surface area (TPSA) is 83.7 Å². The summed E-state index contributed by atoms with van der Waals surface area (Å²) in [4.78, 5) is 24.8. The Kier molecular flexibility index (Phi) is 4.90. The van der Waals surface area contributed by atoms with Gasteiger partial charge in [-0.15, -0.1) is 0 Å². The molecule has 0 radical (unpaired) electrons. The van der Waals surface area contributed by atoms with Crippen LogP contribution in [0.15, 0.2) is 18.2 Å². The van der Waals surface area contributed by atoms with Gasteiger partial charge in [0.15, 0.2) is 0 Å². The Hall–Kier alpha value is -1.95. The number of nitro groups is 1. The molecule has 1 amide bonds. The molecule has 1 aromatic carbocycles. The number of nitrogens with zero attached hydrogens (tertiary/aromatic N) is 2. The third-order valence-corrected chi connectivity index (χ3v) is 3.99. The van der Waals surface area contributed by atoms with Crippen LogP contribution >= 0.6 is 0 Å². The summed E-state index contributed by atoms with van der Waals surface area (Å²) in [7, 11) is 0. The molecule has 1 atom stereocenters. The number of carbonyl (C=O) groups excluding carboxylic acids is 1. The molecule has 6 nitrogen and oxygen atoms in total. The minimum Gasteiger partial charge on any atom is -0.396 e. The summed E-state index contributed by atoms with van der Waals surface area (Å²) in [6.07, 6.45) is 3.31. The van der Waals surface area contributed by atoms with Gasteiger partial charge in [0, 0.05) is 36.4 Å². The van der Waals surface area contributed by atoms with Crippen LogP contribution in [0.3, 0.4) is 0 Å². The van der Waals surface area contributed by atoms with E-state index in [2.05, 4.69) is 0 Å². The fraction of sp³-hybridized carbons (Fsp3) is 0.533. The molecule has 0 spiro atoms. The number of carbonyl (C=O) groups is 1. The van der Waals surface area contributed by atoms with E-state index in [0.717, 1.165) is 19.3 Å².